The Kier molecular flexibility index (Phi) is 5.21. The molecule has 0 saturated carbocycles. The Morgan fingerprint density at radius 2 is 1.93 bits per heavy atom. The Hall–Kier alpha value is -3.61. The molecular formula is C20H20N4O3. The van der Waals surface area contributed by atoms with E-state index in [-0.39, 0.29) is 6.54 Å². The Labute approximate surface area is 156 Å². The molecule has 27 heavy (non-hydrogen) atoms. The number of hydrogen-bond donors (Lipinski definition) is 2. The Balaban J connectivity index is 2.06. The second kappa shape index (κ2) is 7.74. The van der Waals surface area contributed by atoms with Crippen LogP contribution < -0.4 is 15.8 Å². The van der Waals surface area contributed by atoms with Crippen LogP contribution in [-0.2, 0) is 4.79 Å². The quantitative estimate of drug-likeness (QED) is 0.699. The lowest BCUT2D eigenvalue weighted by Gasteiger charge is -2.05. The van der Waals surface area contributed by atoms with Gasteiger partial charge >= 0.3 is 0 Å². The zero-order valence-corrected chi connectivity index (χ0v) is 15.1. The van der Waals surface area contributed by atoms with Gasteiger partial charge in [-0.1, -0.05) is 29.8 Å². The molecule has 7 nitrogen and oxygen atoms in total. The van der Waals surface area contributed by atoms with E-state index in [1.165, 1.54) is 0 Å². The number of carbonyl (C=O) groups excluding carboxylic acids is 2. The standard InChI is InChI=1S/C20H20N4O3/c1-13-6-8-15(9-7-13)24-12-17(20(26)22-11-18(21)25)19(23-24)14-4-3-5-16(10-14)27-2/h3-10,12H,11H2,1-2H3,(H2,21,25)(H,22,26). The number of amides is 2. The van der Waals surface area contributed by atoms with E-state index in [1.807, 2.05) is 49.4 Å². The van der Waals surface area contributed by atoms with Crippen molar-refractivity contribution in [2.45, 2.75) is 6.92 Å². The summed E-state index contributed by atoms with van der Waals surface area (Å²) < 4.78 is 6.90. The van der Waals surface area contributed by atoms with E-state index in [0.29, 0.717) is 17.0 Å². The van der Waals surface area contributed by atoms with Crippen molar-refractivity contribution < 1.29 is 14.3 Å². The van der Waals surface area contributed by atoms with Gasteiger partial charge in [-0.15, -0.1) is 0 Å². The van der Waals surface area contributed by atoms with Gasteiger partial charge in [0.15, 0.2) is 0 Å². The van der Waals surface area contributed by atoms with Crippen molar-refractivity contribution >= 4 is 11.8 Å². The number of nitrogens with zero attached hydrogens (tertiary/aromatic N) is 2. The third kappa shape index (κ3) is 4.14. The summed E-state index contributed by atoms with van der Waals surface area (Å²) in [7, 11) is 1.57. The number of primary amides is 1. The average Bonchev–Trinajstić information content (AvgIpc) is 3.12. The highest BCUT2D eigenvalue weighted by Crippen LogP contribution is 2.27. The number of methoxy groups -OCH3 is 1. The number of benzene rings is 2. The molecular weight excluding hydrogens is 344 g/mol. The number of ether oxygens (including phenoxy) is 1. The Morgan fingerprint density at radius 1 is 1.19 bits per heavy atom. The lowest BCUT2D eigenvalue weighted by molar-refractivity contribution is -0.117. The summed E-state index contributed by atoms with van der Waals surface area (Å²) in [5.41, 5.74) is 8.61. The minimum Gasteiger partial charge on any atom is -0.497 e. The monoisotopic (exact) mass is 364 g/mol. The predicted octanol–water partition coefficient (Wildman–Crippen LogP) is 2.07. The van der Waals surface area contributed by atoms with Gasteiger partial charge in [-0.3, -0.25) is 9.59 Å². The minimum atomic E-state index is -0.614. The summed E-state index contributed by atoms with van der Waals surface area (Å²) in [6.07, 6.45) is 1.63. The number of hydrogen-bond acceptors (Lipinski definition) is 4. The molecule has 7 heteroatoms. The summed E-state index contributed by atoms with van der Waals surface area (Å²) >= 11 is 0. The molecule has 0 unspecified atom stereocenters. The fourth-order valence-electron chi connectivity index (χ4n) is 2.62. The van der Waals surface area contributed by atoms with Gasteiger partial charge in [0.1, 0.15) is 11.4 Å². The number of aromatic nitrogens is 2. The van der Waals surface area contributed by atoms with Crippen LogP contribution in [0.5, 0.6) is 5.75 Å². The van der Waals surface area contributed by atoms with Gasteiger partial charge in [-0.25, -0.2) is 4.68 Å². The maximum absolute atomic E-state index is 12.6. The summed E-state index contributed by atoms with van der Waals surface area (Å²) in [5.74, 6) is -0.386. The van der Waals surface area contributed by atoms with Crippen LogP contribution in [0.2, 0.25) is 0 Å². The summed E-state index contributed by atoms with van der Waals surface area (Å²) in [4.78, 5) is 23.6. The maximum Gasteiger partial charge on any atom is 0.255 e. The zero-order valence-electron chi connectivity index (χ0n) is 15.1. The highest BCUT2D eigenvalue weighted by atomic mass is 16.5. The van der Waals surface area contributed by atoms with E-state index >= 15 is 0 Å². The van der Waals surface area contributed by atoms with Gasteiger partial charge in [-0.2, -0.15) is 5.10 Å². The molecule has 3 aromatic rings. The highest BCUT2D eigenvalue weighted by Gasteiger charge is 2.19. The van der Waals surface area contributed by atoms with Crippen molar-refractivity contribution in [1.82, 2.24) is 15.1 Å². The van der Waals surface area contributed by atoms with Gasteiger partial charge < -0.3 is 15.8 Å². The molecule has 138 valence electrons. The summed E-state index contributed by atoms with van der Waals surface area (Å²) in [6, 6.07) is 15.1. The van der Waals surface area contributed by atoms with E-state index in [9.17, 15) is 9.59 Å². The van der Waals surface area contributed by atoms with Gasteiger partial charge in [-0.05, 0) is 31.2 Å². The Morgan fingerprint density at radius 3 is 2.59 bits per heavy atom. The number of aryl methyl sites for hydroxylation is 1. The molecule has 2 amide bonds. The van der Waals surface area contributed by atoms with Crippen LogP contribution >= 0.6 is 0 Å². The number of rotatable bonds is 6. The van der Waals surface area contributed by atoms with Crippen molar-refractivity contribution in [3.8, 4) is 22.7 Å². The second-order valence-electron chi connectivity index (χ2n) is 6.05. The molecule has 0 saturated heterocycles. The van der Waals surface area contributed by atoms with Crippen LogP contribution in [0, 0.1) is 6.92 Å². The van der Waals surface area contributed by atoms with Gasteiger partial charge in [0.2, 0.25) is 5.91 Å². The Bertz CT molecular complexity index is 977. The van der Waals surface area contributed by atoms with Crippen LogP contribution in [0.15, 0.2) is 54.7 Å². The molecule has 1 heterocycles. The van der Waals surface area contributed by atoms with Gasteiger partial charge in [0, 0.05) is 11.8 Å². The molecule has 0 spiro atoms. The fraction of sp³-hybridized carbons (Fsp3) is 0.150. The lowest BCUT2D eigenvalue weighted by atomic mass is 10.1. The van der Waals surface area contributed by atoms with Crippen molar-refractivity contribution in [3.05, 3.63) is 65.9 Å². The molecule has 3 N–H and O–H groups in total. The third-order valence-corrected chi connectivity index (χ3v) is 4.02. The predicted molar refractivity (Wildman–Crippen MR) is 102 cm³/mol. The topological polar surface area (TPSA) is 99.2 Å². The molecule has 0 atom stereocenters. The largest absolute Gasteiger partial charge is 0.497 e. The van der Waals surface area contributed by atoms with E-state index < -0.39 is 11.8 Å². The van der Waals surface area contributed by atoms with E-state index in [2.05, 4.69) is 10.4 Å². The van der Waals surface area contributed by atoms with Crippen LogP contribution in [0.25, 0.3) is 16.9 Å². The normalized spacial score (nSPS) is 10.4. The molecule has 0 bridgehead atoms. The smallest absolute Gasteiger partial charge is 0.255 e. The summed E-state index contributed by atoms with van der Waals surface area (Å²) in [6.45, 7) is 1.75. The zero-order chi connectivity index (χ0) is 19.4. The third-order valence-electron chi connectivity index (χ3n) is 4.02. The molecule has 0 aliphatic carbocycles. The van der Waals surface area contributed by atoms with E-state index in [0.717, 1.165) is 16.8 Å². The first kappa shape index (κ1) is 18.2. The first-order valence-corrected chi connectivity index (χ1v) is 8.35. The van der Waals surface area contributed by atoms with Crippen LogP contribution in [-0.4, -0.2) is 35.2 Å². The molecule has 0 aliphatic heterocycles. The molecule has 3 rings (SSSR count). The first-order chi connectivity index (χ1) is 13.0. The average molecular weight is 364 g/mol. The van der Waals surface area contributed by atoms with Gasteiger partial charge in [0.25, 0.3) is 5.91 Å². The minimum absolute atomic E-state index is 0.244. The molecule has 0 fully saturated rings. The maximum atomic E-state index is 12.6. The number of nitrogens with two attached hydrogens (primary N) is 1. The highest BCUT2D eigenvalue weighted by molar-refractivity contribution is 6.01. The first-order valence-electron chi connectivity index (χ1n) is 8.35. The molecule has 1 aromatic heterocycles. The molecule has 0 aliphatic rings. The summed E-state index contributed by atoms with van der Waals surface area (Å²) in [5, 5.41) is 7.10. The van der Waals surface area contributed by atoms with Crippen molar-refractivity contribution in [1.29, 1.82) is 0 Å². The lowest BCUT2D eigenvalue weighted by Crippen LogP contribution is -2.33. The van der Waals surface area contributed by atoms with Crippen molar-refractivity contribution in [3.63, 3.8) is 0 Å². The molecule has 0 radical (unpaired) electrons. The van der Waals surface area contributed by atoms with Crippen LogP contribution in [0.1, 0.15) is 15.9 Å². The second-order valence-corrected chi connectivity index (χ2v) is 6.05. The van der Waals surface area contributed by atoms with Crippen molar-refractivity contribution in [2.75, 3.05) is 13.7 Å². The van der Waals surface area contributed by atoms with E-state index in [1.54, 1.807) is 24.1 Å². The van der Waals surface area contributed by atoms with Crippen LogP contribution in [0.3, 0.4) is 0 Å². The fourth-order valence-corrected chi connectivity index (χ4v) is 2.62. The number of carbonyl (C=O) groups is 2. The van der Waals surface area contributed by atoms with Crippen LogP contribution in [0.4, 0.5) is 0 Å². The van der Waals surface area contributed by atoms with E-state index in [4.69, 9.17) is 10.5 Å². The SMILES string of the molecule is COc1cccc(-c2nn(-c3ccc(C)cc3)cc2C(=O)NCC(N)=O)c1. The number of nitrogens with one attached hydrogen (secondary N) is 1. The molecule has 2 aromatic carbocycles. The van der Waals surface area contributed by atoms with Crippen molar-refractivity contribution in [2.24, 2.45) is 5.73 Å². The van der Waals surface area contributed by atoms with Gasteiger partial charge in [0.05, 0.1) is 24.9 Å².